The minimum atomic E-state index is -3.57. The Morgan fingerprint density at radius 1 is 0.875 bits per heavy atom. The van der Waals surface area contributed by atoms with Crippen LogP contribution in [0.15, 0.2) is 66.7 Å². The van der Waals surface area contributed by atoms with Gasteiger partial charge in [-0.15, -0.1) is 0 Å². The van der Waals surface area contributed by atoms with E-state index in [0.717, 1.165) is 11.8 Å². The van der Waals surface area contributed by atoms with Gasteiger partial charge in [0.05, 0.1) is 44.5 Å². The molecule has 40 heavy (non-hydrogen) atoms. The van der Waals surface area contributed by atoms with E-state index in [1.165, 1.54) is 11.4 Å². The smallest absolute Gasteiger partial charge is 0.253 e. The molecule has 0 saturated carbocycles. The number of nitrogens with zero attached hydrogens (tertiary/aromatic N) is 1. The lowest BCUT2D eigenvalue weighted by Gasteiger charge is -2.22. The third-order valence-corrected chi connectivity index (χ3v) is 7.29. The van der Waals surface area contributed by atoms with Gasteiger partial charge in [0.25, 0.3) is 5.91 Å². The number of amides is 2. The molecule has 0 atom stereocenters. The van der Waals surface area contributed by atoms with Gasteiger partial charge in [0.1, 0.15) is 5.75 Å². The molecule has 0 saturated heterocycles. The molecule has 0 aliphatic rings. The van der Waals surface area contributed by atoms with E-state index in [-0.39, 0.29) is 31.2 Å². The van der Waals surface area contributed by atoms with Crippen LogP contribution in [0.25, 0.3) is 0 Å². The van der Waals surface area contributed by atoms with Crippen molar-refractivity contribution in [3.63, 3.8) is 0 Å². The van der Waals surface area contributed by atoms with Crippen LogP contribution in [0.5, 0.6) is 17.2 Å². The molecule has 214 valence electrons. The number of carbonyl (C=O) groups is 2. The van der Waals surface area contributed by atoms with E-state index in [2.05, 4.69) is 10.6 Å². The van der Waals surface area contributed by atoms with Gasteiger partial charge in [-0.1, -0.05) is 24.3 Å². The van der Waals surface area contributed by atoms with Crippen LogP contribution in [-0.4, -0.2) is 60.9 Å². The van der Waals surface area contributed by atoms with Gasteiger partial charge >= 0.3 is 0 Å². The first-order chi connectivity index (χ1) is 19.2. The molecular formula is C29H35N3O7S. The van der Waals surface area contributed by atoms with Crippen molar-refractivity contribution in [1.82, 2.24) is 5.32 Å². The lowest BCUT2D eigenvalue weighted by atomic mass is 10.1. The van der Waals surface area contributed by atoms with Crippen molar-refractivity contribution in [1.29, 1.82) is 0 Å². The van der Waals surface area contributed by atoms with Crippen molar-refractivity contribution in [3.05, 3.63) is 77.9 Å². The Kier molecular flexibility index (Phi) is 10.8. The number of nitrogens with one attached hydrogen (secondary N) is 2. The fraction of sp³-hybridized carbons (Fsp3) is 0.310. The predicted octanol–water partition coefficient (Wildman–Crippen LogP) is 3.87. The summed E-state index contributed by atoms with van der Waals surface area (Å²) in [6, 6.07) is 19.0. The Morgan fingerprint density at radius 3 is 2.33 bits per heavy atom. The Labute approximate surface area is 235 Å². The van der Waals surface area contributed by atoms with Crippen LogP contribution >= 0.6 is 0 Å². The van der Waals surface area contributed by atoms with E-state index in [1.54, 1.807) is 62.8 Å². The summed E-state index contributed by atoms with van der Waals surface area (Å²) in [5.41, 5.74) is 2.13. The minimum absolute atomic E-state index is 0.0608. The summed E-state index contributed by atoms with van der Waals surface area (Å²) >= 11 is 0. The Morgan fingerprint density at radius 2 is 1.62 bits per heavy atom. The number of carbonyl (C=O) groups excluding carboxylic acids is 2. The molecule has 0 aliphatic heterocycles. The van der Waals surface area contributed by atoms with E-state index >= 15 is 0 Å². The molecule has 11 heteroatoms. The molecule has 0 aromatic heterocycles. The van der Waals surface area contributed by atoms with Crippen LogP contribution < -0.4 is 29.1 Å². The standard InChI is InChI=1S/C29H35N3O7S/c1-37-23-10-7-9-22(20-23)32(40(4,35)36)18-8-13-28(33)31-25-12-6-5-11-24(25)29(34)30-17-16-21-14-15-26(38-2)27(19-21)39-3/h5-7,9-12,14-15,19-20H,8,13,16-18H2,1-4H3,(H,30,34)(H,31,33). The van der Waals surface area contributed by atoms with Gasteiger partial charge in [0.15, 0.2) is 11.5 Å². The lowest BCUT2D eigenvalue weighted by molar-refractivity contribution is -0.116. The van der Waals surface area contributed by atoms with Crippen molar-refractivity contribution >= 4 is 33.2 Å². The average molecular weight is 570 g/mol. The summed E-state index contributed by atoms with van der Waals surface area (Å²) in [6.45, 7) is 0.486. The molecule has 10 nitrogen and oxygen atoms in total. The predicted molar refractivity (Wildman–Crippen MR) is 155 cm³/mol. The number of sulfonamides is 1. The minimum Gasteiger partial charge on any atom is -0.497 e. The summed E-state index contributed by atoms with van der Waals surface area (Å²) in [7, 11) is 1.07. The third kappa shape index (κ3) is 8.37. The normalized spacial score (nSPS) is 10.9. The molecule has 2 N–H and O–H groups in total. The van der Waals surface area contributed by atoms with Crippen LogP contribution in [0, 0.1) is 0 Å². The van der Waals surface area contributed by atoms with Gasteiger partial charge in [-0.05, 0) is 54.8 Å². The second-order valence-electron chi connectivity index (χ2n) is 8.93. The molecule has 0 radical (unpaired) electrons. The highest BCUT2D eigenvalue weighted by Gasteiger charge is 2.19. The van der Waals surface area contributed by atoms with Crippen molar-refractivity contribution in [2.24, 2.45) is 0 Å². The van der Waals surface area contributed by atoms with Crippen molar-refractivity contribution in [2.45, 2.75) is 19.3 Å². The van der Waals surface area contributed by atoms with E-state index in [9.17, 15) is 18.0 Å². The Hall–Kier alpha value is -4.25. The summed E-state index contributed by atoms with van der Waals surface area (Å²) in [5, 5.41) is 5.66. The second-order valence-corrected chi connectivity index (χ2v) is 10.8. The molecule has 0 spiro atoms. The van der Waals surface area contributed by atoms with E-state index in [1.807, 2.05) is 18.2 Å². The summed E-state index contributed by atoms with van der Waals surface area (Å²) < 4.78 is 41.8. The molecule has 0 fully saturated rings. The molecule has 0 heterocycles. The molecule has 3 rings (SSSR count). The zero-order chi connectivity index (χ0) is 29.1. The highest BCUT2D eigenvalue weighted by atomic mass is 32.2. The molecule has 3 aromatic rings. The first kappa shape index (κ1) is 30.3. The van der Waals surface area contributed by atoms with Crippen molar-refractivity contribution in [2.75, 3.05) is 50.3 Å². The number of anilines is 2. The van der Waals surface area contributed by atoms with Gasteiger partial charge in [-0.2, -0.15) is 0 Å². The molecule has 2 amide bonds. The maximum absolute atomic E-state index is 12.9. The third-order valence-electron chi connectivity index (χ3n) is 6.10. The Balaban J connectivity index is 1.56. The quantitative estimate of drug-likeness (QED) is 0.302. The number of para-hydroxylation sites is 1. The molecular weight excluding hydrogens is 534 g/mol. The zero-order valence-electron chi connectivity index (χ0n) is 23.1. The van der Waals surface area contributed by atoms with Gasteiger partial charge in [0, 0.05) is 25.6 Å². The number of methoxy groups -OCH3 is 3. The van der Waals surface area contributed by atoms with E-state index < -0.39 is 10.0 Å². The number of hydrogen-bond donors (Lipinski definition) is 2. The monoisotopic (exact) mass is 569 g/mol. The largest absolute Gasteiger partial charge is 0.497 e. The summed E-state index contributed by atoms with van der Waals surface area (Å²) in [6.07, 6.45) is 2.03. The molecule has 0 aliphatic carbocycles. The Bertz CT molecular complexity index is 1430. The highest BCUT2D eigenvalue weighted by Crippen LogP contribution is 2.28. The van der Waals surface area contributed by atoms with Gasteiger partial charge in [0.2, 0.25) is 15.9 Å². The molecule has 0 bridgehead atoms. The summed E-state index contributed by atoms with van der Waals surface area (Å²) in [4.78, 5) is 25.6. The van der Waals surface area contributed by atoms with Crippen LogP contribution in [0.1, 0.15) is 28.8 Å². The van der Waals surface area contributed by atoms with Crippen molar-refractivity contribution < 1.29 is 32.2 Å². The number of hydrogen-bond acceptors (Lipinski definition) is 7. The van der Waals surface area contributed by atoms with Crippen LogP contribution in [-0.2, 0) is 21.2 Å². The fourth-order valence-corrected chi connectivity index (χ4v) is 5.05. The maximum atomic E-state index is 12.9. The van der Waals surface area contributed by atoms with E-state index in [4.69, 9.17) is 14.2 Å². The van der Waals surface area contributed by atoms with Gasteiger partial charge in [-0.25, -0.2) is 8.42 Å². The number of benzene rings is 3. The van der Waals surface area contributed by atoms with Gasteiger partial charge in [-0.3, -0.25) is 13.9 Å². The first-order valence-electron chi connectivity index (χ1n) is 12.7. The van der Waals surface area contributed by atoms with Crippen LogP contribution in [0.2, 0.25) is 0 Å². The number of ether oxygens (including phenoxy) is 3. The maximum Gasteiger partial charge on any atom is 0.253 e. The lowest BCUT2D eigenvalue weighted by Crippen LogP contribution is -2.31. The molecule has 0 unspecified atom stereocenters. The van der Waals surface area contributed by atoms with Crippen LogP contribution in [0.4, 0.5) is 11.4 Å². The summed E-state index contributed by atoms with van der Waals surface area (Å²) in [5.74, 6) is 1.12. The number of rotatable bonds is 14. The first-order valence-corrected chi connectivity index (χ1v) is 14.5. The van der Waals surface area contributed by atoms with E-state index in [0.29, 0.717) is 47.2 Å². The van der Waals surface area contributed by atoms with Gasteiger partial charge < -0.3 is 24.8 Å². The SMILES string of the molecule is COc1cccc(N(CCCC(=O)Nc2ccccc2C(=O)NCCc2ccc(OC)c(OC)c2)S(C)(=O)=O)c1. The van der Waals surface area contributed by atoms with Crippen LogP contribution in [0.3, 0.4) is 0 Å². The fourth-order valence-electron chi connectivity index (χ4n) is 4.09. The molecule has 3 aromatic carbocycles. The average Bonchev–Trinajstić information content (AvgIpc) is 2.94. The topological polar surface area (TPSA) is 123 Å². The highest BCUT2D eigenvalue weighted by molar-refractivity contribution is 7.92. The van der Waals surface area contributed by atoms with Crippen molar-refractivity contribution in [3.8, 4) is 17.2 Å². The zero-order valence-corrected chi connectivity index (χ0v) is 23.9. The second kappa shape index (κ2) is 14.2.